The zero-order valence-corrected chi connectivity index (χ0v) is 15.6. The largest absolute Gasteiger partial charge is 0 e. The van der Waals surface area contributed by atoms with E-state index in [4.69, 9.17) is 51.2 Å². The minimum Gasteiger partial charge on any atom is 0 e. The summed E-state index contributed by atoms with van der Waals surface area (Å²) in [5.41, 5.74) is 2.94. The van der Waals surface area contributed by atoms with Crippen LogP contribution in [-0.4, -0.2) is 12.8 Å². The van der Waals surface area contributed by atoms with Crippen LogP contribution < -0.4 is 0 Å². The van der Waals surface area contributed by atoms with Crippen molar-refractivity contribution in [2.75, 3.05) is 7.11 Å². The summed E-state index contributed by atoms with van der Waals surface area (Å²) >= 11 is 11.8. The molecule has 7 nitrogen and oxygen atoms in total. The van der Waals surface area contributed by atoms with Crippen LogP contribution in [0.5, 0.6) is 0 Å². The van der Waals surface area contributed by atoms with E-state index in [1.54, 1.807) is 7.11 Å². The number of rotatable bonds is 1. The van der Waals surface area contributed by atoms with Crippen LogP contribution in [0.3, 0.4) is 0 Å². The van der Waals surface area contributed by atoms with Crippen molar-refractivity contribution in [2.45, 2.75) is 13.2 Å². The van der Waals surface area contributed by atoms with Crippen LogP contribution in [-0.2, 0) is 45.4 Å². The molecule has 130 valence electrons. The molecule has 0 amide bonds. The van der Waals surface area contributed by atoms with E-state index in [2.05, 4.69) is 38.2 Å². The van der Waals surface area contributed by atoms with Crippen molar-refractivity contribution in [3.8, 4) is 0 Å². The van der Waals surface area contributed by atoms with E-state index >= 15 is 0 Å². The summed E-state index contributed by atoms with van der Waals surface area (Å²) in [6.07, 6.45) is -0.236. The van der Waals surface area contributed by atoms with E-state index in [-0.39, 0.29) is 23.6 Å². The van der Waals surface area contributed by atoms with Crippen molar-refractivity contribution in [2.24, 2.45) is 4.99 Å². The van der Waals surface area contributed by atoms with Gasteiger partial charge in [0, 0.05) is 41.3 Å². The van der Waals surface area contributed by atoms with E-state index < -0.39 is 0 Å². The monoisotopic (exact) mass is 421 g/mol. The number of nitrogens with zero attached hydrogens (tertiary/aromatic N) is 1. The molecule has 25 heavy (non-hydrogen) atoms. The number of hydrogen-bond donors (Lipinski definition) is 0. The summed E-state index contributed by atoms with van der Waals surface area (Å²) in [5, 5.41) is 1.09. The average molecular weight is 422 g/mol. The molecule has 1 unspecified atom stereocenters. The summed E-state index contributed by atoms with van der Waals surface area (Å²) in [7, 11) is 1.62. The molecule has 0 fully saturated rings. The molecule has 0 aliphatic carbocycles. The molecule has 1 aromatic rings. The summed E-state index contributed by atoms with van der Waals surface area (Å²) in [6.45, 7) is 24.4. The van der Waals surface area contributed by atoms with Crippen LogP contribution in [0, 0.1) is 33.3 Å². The Morgan fingerprint density at radius 2 is 1.24 bits per heavy atom. The number of hydrogen-bond acceptors (Lipinski definition) is 2. The van der Waals surface area contributed by atoms with Gasteiger partial charge in [0.1, 0.15) is 0 Å². The molecule has 0 aromatic heterocycles. The average Bonchev–Trinajstić information content (AvgIpc) is 2.99. The molecule has 1 aliphatic rings. The minimum atomic E-state index is -0.236. The summed E-state index contributed by atoms with van der Waals surface area (Å²) in [4.78, 5) is 4.33. The maximum Gasteiger partial charge on any atom is 0 e. The zero-order valence-electron chi connectivity index (χ0n) is 12.8. The third-order valence-electron chi connectivity index (χ3n) is 2.28. The summed E-state index contributed by atoms with van der Waals surface area (Å²) < 4.78 is 42.7. The van der Waals surface area contributed by atoms with E-state index in [0.717, 1.165) is 16.8 Å². The first-order valence-corrected chi connectivity index (χ1v) is 5.97. The molecule has 10 heteroatoms. The van der Waals surface area contributed by atoms with Gasteiger partial charge >= 0.3 is 56.5 Å². The Morgan fingerprint density at radius 3 is 1.60 bits per heavy atom. The van der Waals surface area contributed by atoms with Crippen molar-refractivity contribution in [3.05, 3.63) is 66.6 Å². The van der Waals surface area contributed by atoms with Gasteiger partial charge < -0.3 is 4.74 Å². The third kappa shape index (κ3) is 11.8. The van der Waals surface area contributed by atoms with Gasteiger partial charge in [-0.3, -0.25) is 4.99 Å². The van der Waals surface area contributed by atoms with Crippen LogP contribution in [0.25, 0.3) is 0 Å². The minimum absolute atomic E-state index is 0. The fourth-order valence-electron chi connectivity index (χ4n) is 1.57. The van der Waals surface area contributed by atoms with Crippen LogP contribution in [0.2, 0.25) is 10.0 Å². The second-order valence-corrected chi connectivity index (χ2v) is 3.97. The molecule has 1 aromatic carbocycles. The molecular weight excluding hydrogens is 413 g/mol. The first-order valence-electron chi connectivity index (χ1n) is 5.22. The predicted octanol–water partition coefficient (Wildman–Crippen LogP) is 3.27. The van der Waals surface area contributed by atoms with Crippen molar-refractivity contribution < 1.29 is 45.4 Å². The normalized spacial score (nSPS) is 11.3. The molecule has 0 bridgehead atoms. The second kappa shape index (κ2) is 24.9. The number of ether oxygens (including phenoxy) is 1. The van der Waals surface area contributed by atoms with Gasteiger partial charge in [0.25, 0.3) is 0 Å². The fourth-order valence-corrected chi connectivity index (χ4v) is 1.91. The van der Waals surface area contributed by atoms with Crippen molar-refractivity contribution in [3.63, 3.8) is 0 Å². The maximum absolute atomic E-state index is 7.50. The molecule has 0 saturated heterocycles. The fraction of sp³-hybridized carbons (Fsp3) is 0.200. The SMILES string of the molecule is COC1N=C(C)c2cc(Cl)c(Cl)cc21.[C-]#[O+].[C-]#[O+].[C-]#[O+].[C-]#[O+].[C-]#[O+].[Cr]. The first-order chi connectivity index (χ1) is 11.6. The smallest absolute Gasteiger partial charge is 0 e. The summed E-state index contributed by atoms with van der Waals surface area (Å²) in [6, 6.07) is 3.64. The first kappa shape index (κ1) is 34.9. The van der Waals surface area contributed by atoms with Gasteiger partial charge in [-0.25, -0.2) is 0 Å². The van der Waals surface area contributed by atoms with Crippen LogP contribution in [0.4, 0.5) is 0 Å². The van der Waals surface area contributed by atoms with Crippen molar-refractivity contribution in [1.29, 1.82) is 0 Å². The van der Waals surface area contributed by atoms with Crippen LogP contribution in [0.15, 0.2) is 17.1 Å². The molecule has 2 rings (SSSR count). The number of aliphatic imine (C=N–C) groups is 1. The second-order valence-electron chi connectivity index (χ2n) is 3.16. The quantitative estimate of drug-likeness (QED) is 0.501. The van der Waals surface area contributed by atoms with Gasteiger partial charge in [0.15, 0.2) is 6.23 Å². The predicted molar refractivity (Wildman–Crippen MR) is 78.1 cm³/mol. The van der Waals surface area contributed by atoms with Gasteiger partial charge in [0.2, 0.25) is 0 Å². The Morgan fingerprint density at radius 1 is 0.880 bits per heavy atom. The Bertz CT molecular complexity index is 588. The van der Waals surface area contributed by atoms with E-state index in [0.29, 0.717) is 10.0 Å². The van der Waals surface area contributed by atoms with Crippen molar-refractivity contribution in [1.82, 2.24) is 0 Å². The molecule has 0 N–H and O–H groups in total. The number of halogens is 2. The Kier molecular flexibility index (Phi) is 34.8. The number of benzene rings is 1. The van der Waals surface area contributed by atoms with Crippen molar-refractivity contribution >= 4 is 28.9 Å². The van der Waals surface area contributed by atoms with Crippen LogP contribution >= 0.6 is 23.2 Å². The van der Waals surface area contributed by atoms with E-state index in [1.165, 1.54) is 0 Å². The van der Waals surface area contributed by atoms with Gasteiger partial charge in [0.05, 0.1) is 10.0 Å². The third-order valence-corrected chi connectivity index (χ3v) is 3.00. The molecule has 1 heterocycles. The Hall–Kier alpha value is -1.34. The van der Waals surface area contributed by atoms with Crippen LogP contribution in [0.1, 0.15) is 24.3 Å². The molecular formula is C15H9Cl2CrNO6. The van der Waals surface area contributed by atoms with Gasteiger partial charge in [-0.15, -0.1) is 0 Å². The topological polar surface area (TPSA) is 121 Å². The Balaban J connectivity index is -0.000000105. The molecule has 0 radical (unpaired) electrons. The maximum atomic E-state index is 7.50. The zero-order chi connectivity index (χ0) is 20.3. The van der Waals surface area contributed by atoms with E-state index in [1.807, 2.05) is 19.1 Å². The van der Waals surface area contributed by atoms with Gasteiger partial charge in [-0.2, -0.15) is 0 Å². The van der Waals surface area contributed by atoms with Gasteiger partial charge in [-0.1, -0.05) is 23.2 Å². The molecule has 0 spiro atoms. The summed E-state index contributed by atoms with van der Waals surface area (Å²) in [5.74, 6) is 0. The molecule has 1 aliphatic heterocycles. The number of methoxy groups -OCH3 is 1. The number of fused-ring (bicyclic) bond motifs is 1. The van der Waals surface area contributed by atoms with Gasteiger partial charge in [-0.05, 0) is 19.1 Å². The Labute approximate surface area is 166 Å². The van der Waals surface area contributed by atoms with E-state index in [9.17, 15) is 0 Å². The molecule has 1 atom stereocenters. The molecule has 0 saturated carbocycles. The standard InChI is InChI=1S/C10H9Cl2NO.5CO.Cr/c1-5-6-3-8(11)9(12)4-7(6)10(13-5)14-2;5*1-2;/h3-4,10H,1-2H3;;;;;;.